The smallest absolute Gasteiger partial charge is 0.475 e. The average molecular weight is 560 g/mol. The van der Waals surface area contributed by atoms with Crippen LogP contribution in [0, 0.1) is 5.92 Å². The number of carboxylic acid groups (broad SMARTS) is 2. The van der Waals surface area contributed by atoms with Crippen LogP contribution in [0.2, 0.25) is 0 Å². The number of ether oxygens (including phenoxy) is 3. The number of carbonyl (C=O) groups is 2. The molecule has 0 amide bonds. The Morgan fingerprint density at radius 1 is 0.947 bits per heavy atom. The van der Waals surface area contributed by atoms with E-state index in [2.05, 4.69) is 22.0 Å². The van der Waals surface area contributed by atoms with Gasteiger partial charge >= 0.3 is 24.3 Å². The molecule has 3 atom stereocenters. The van der Waals surface area contributed by atoms with Gasteiger partial charge < -0.3 is 24.4 Å². The summed E-state index contributed by atoms with van der Waals surface area (Å²) in [6, 6.07) is 4.71. The Bertz CT molecular complexity index is 842. The summed E-state index contributed by atoms with van der Waals surface area (Å²) in [5.41, 5.74) is 1.33. The standard InChI is InChI=1S/C19H28N2O3.2C2HF3O2/c1-2-18(24-14-16-5-10-22-11-6-16)19-17(1)21(9-12-23-19)13-15-3-7-20-8-4-15;2*3-2(4,5)1(6)7/h3-4,7-8,16-19H,1-2,5-6,9-14H2;2*(H,6,7)/t17-,18+,19+;;/m0../s1. The summed E-state index contributed by atoms with van der Waals surface area (Å²) >= 11 is 0. The lowest BCUT2D eigenvalue weighted by atomic mass is 10.0. The van der Waals surface area contributed by atoms with E-state index in [9.17, 15) is 26.3 Å². The Kier molecular flexibility index (Phi) is 12.2. The highest BCUT2D eigenvalue weighted by molar-refractivity contribution is 5.73. The first-order chi connectivity index (χ1) is 17.8. The fourth-order valence-corrected chi connectivity index (χ4v) is 4.26. The Labute approximate surface area is 214 Å². The van der Waals surface area contributed by atoms with Crippen molar-refractivity contribution in [1.82, 2.24) is 9.88 Å². The normalized spacial score (nSPS) is 24.3. The number of nitrogens with zero attached hydrogens (tertiary/aromatic N) is 2. The minimum absolute atomic E-state index is 0.237. The summed E-state index contributed by atoms with van der Waals surface area (Å²) in [6.07, 6.45) is -1.35. The Balaban J connectivity index is 0.000000301. The fourth-order valence-electron chi connectivity index (χ4n) is 4.26. The first kappa shape index (κ1) is 31.7. The predicted molar refractivity (Wildman–Crippen MR) is 118 cm³/mol. The molecule has 4 rings (SSSR count). The van der Waals surface area contributed by atoms with Gasteiger partial charge in [0.2, 0.25) is 0 Å². The molecule has 0 bridgehead atoms. The third-order valence-corrected chi connectivity index (χ3v) is 6.16. The molecule has 3 aliphatic rings. The zero-order chi connectivity index (χ0) is 28.3. The van der Waals surface area contributed by atoms with Gasteiger partial charge in [0.05, 0.1) is 25.4 Å². The van der Waals surface area contributed by atoms with Crippen LogP contribution >= 0.6 is 0 Å². The van der Waals surface area contributed by atoms with Gasteiger partial charge in [0, 0.05) is 44.7 Å². The van der Waals surface area contributed by atoms with E-state index in [1.807, 2.05) is 12.4 Å². The van der Waals surface area contributed by atoms with Gasteiger partial charge in [-0.1, -0.05) is 0 Å². The topological polar surface area (TPSA) is 118 Å². The van der Waals surface area contributed by atoms with Gasteiger partial charge in [-0.2, -0.15) is 26.3 Å². The van der Waals surface area contributed by atoms with E-state index in [0.717, 1.165) is 58.8 Å². The van der Waals surface area contributed by atoms with E-state index in [4.69, 9.17) is 34.0 Å². The molecule has 0 spiro atoms. The van der Waals surface area contributed by atoms with E-state index < -0.39 is 24.3 Å². The van der Waals surface area contributed by atoms with Crippen molar-refractivity contribution < 1.29 is 60.4 Å². The van der Waals surface area contributed by atoms with Crippen molar-refractivity contribution in [2.45, 2.75) is 62.8 Å². The molecule has 38 heavy (non-hydrogen) atoms. The molecule has 0 aromatic carbocycles. The highest BCUT2D eigenvalue weighted by Crippen LogP contribution is 2.33. The molecule has 0 unspecified atom stereocenters. The van der Waals surface area contributed by atoms with Crippen LogP contribution in [0.3, 0.4) is 0 Å². The second-order valence-electron chi connectivity index (χ2n) is 8.84. The molecule has 1 aromatic heterocycles. The lowest BCUT2D eigenvalue weighted by Crippen LogP contribution is -2.51. The van der Waals surface area contributed by atoms with Crippen LogP contribution in [0.4, 0.5) is 26.3 Å². The predicted octanol–water partition coefficient (Wildman–Crippen LogP) is 3.52. The van der Waals surface area contributed by atoms with Crippen LogP contribution in [0.25, 0.3) is 0 Å². The molecule has 1 saturated carbocycles. The van der Waals surface area contributed by atoms with Crippen LogP contribution in [-0.4, -0.2) is 95.6 Å². The Morgan fingerprint density at radius 3 is 2.03 bits per heavy atom. The largest absolute Gasteiger partial charge is 0.490 e. The van der Waals surface area contributed by atoms with Crippen LogP contribution in [0.5, 0.6) is 0 Å². The SMILES string of the molecule is O=C(O)C(F)(F)F.O=C(O)C(F)(F)F.c1cc(CN2CCO[C@H]3[C@H](OCC4CCOCC4)CC[C@@H]32)ccn1. The molecule has 2 aliphatic heterocycles. The van der Waals surface area contributed by atoms with Crippen molar-refractivity contribution in [3.8, 4) is 0 Å². The van der Waals surface area contributed by atoms with Gasteiger partial charge in [-0.15, -0.1) is 0 Å². The number of rotatable bonds is 5. The van der Waals surface area contributed by atoms with Crippen LogP contribution in [-0.2, 0) is 30.3 Å². The number of pyridine rings is 1. The number of fused-ring (bicyclic) bond motifs is 1. The number of carboxylic acids is 2. The molecule has 3 heterocycles. The lowest BCUT2D eigenvalue weighted by molar-refractivity contribution is -0.193. The Morgan fingerprint density at radius 2 is 1.50 bits per heavy atom. The zero-order valence-electron chi connectivity index (χ0n) is 20.3. The Hall–Kier alpha value is -2.49. The maximum atomic E-state index is 10.6. The number of aliphatic carboxylic acids is 2. The molecule has 9 nitrogen and oxygen atoms in total. The molecule has 2 N–H and O–H groups in total. The van der Waals surface area contributed by atoms with E-state index >= 15 is 0 Å². The third kappa shape index (κ3) is 10.7. The van der Waals surface area contributed by atoms with E-state index in [0.29, 0.717) is 12.0 Å². The number of alkyl halides is 6. The summed E-state index contributed by atoms with van der Waals surface area (Å²) in [5.74, 6) is -4.85. The van der Waals surface area contributed by atoms with E-state index in [1.54, 1.807) is 0 Å². The van der Waals surface area contributed by atoms with Gasteiger partial charge in [-0.25, -0.2) is 9.59 Å². The van der Waals surface area contributed by atoms with Crippen LogP contribution < -0.4 is 0 Å². The average Bonchev–Trinajstić information content (AvgIpc) is 3.28. The second kappa shape index (κ2) is 14.6. The molecular formula is C23H30F6N2O7. The van der Waals surface area contributed by atoms with Crippen molar-refractivity contribution in [3.63, 3.8) is 0 Å². The fraction of sp³-hybridized carbons (Fsp3) is 0.696. The minimum atomic E-state index is -5.08. The highest BCUT2D eigenvalue weighted by atomic mass is 19.4. The van der Waals surface area contributed by atoms with Crippen molar-refractivity contribution in [2.24, 2.45) is 5.92 Å². The van der Waals surface area contributed by atoms with Crippen LogP contribution in [0.1, 0.15) is 31.2 Å². The minimum Gasteiger partial charge on any atom is -0.475 e. The quantitative estimate of drug-likeness (QED) is 0.522. The van der Waals surface area contributed by atoms with Gasteiger partial charge in [0.25, 0.3) is 0 Å². The van der Waals surface area contributed by atoms with Gasteiger partial charge in [0.15, 0.2) is 0 Å². The molecule has 216 valence electrons. The van der Waals surface area contributed by atoms with Gasteiger partial charge in [-0.3, -0.25) is 9.88 Å². The number of aromatic nitrogens is 1. The lowest BCUT2D eigenvalue weighted by Gasteiger charge is -2.39. The highest BCUT2D eigenvalue weighted by Gasteiger charge is 2.43. The third-order valence-electron chi connectivity index (χ3n) is 6.16. The first-order valence-electron chi connectivity index (χ1n) is 11.8. The first-order valence-corrected chi connectivity index (χ1v) is 11.8. The molecule has 3 fully saturated rings. The van der Waals surface area contributed by atoms with E-state index in [-0.39, 0.29) is 12.2 Å². The maximum absolute atomic E-state index is 10.6. The molecule has 1 aromatic rings. The molecule has 2 saturated heterocycles. The van der Waals surface area contributed by atoms with Crippen molar-refractivity contribution >= 4 is 11.9 Å². The van der Waals surface area contributed by atoms with Crippen molar-refractivity contribution in [2.75, 3.05) is 33.0 Å². The number of morpholine rings is 1. The molecule has 1 aliphatic carbocycles. The summed E-state index contributed by atoms with van der Waals surface area (Å²) in [5, 5.41) is 14.2. The summed E-state index contributed by atoms with van der Waals surface area (Å²) in [7, 11) is 0. The van der Waals surface area contributed by atoms with Gasteiger partial charge in [0.1, 0.15) is 0 Å². The number of hydrogen-bond donors (Lipinski definition) is 2. The molecule has 0 radical (unpaired) electrons. The summed E-state index contributed by atoms with van der Waals surface area (Å²) in [4.78, 5) is 24.5. The summed E-state index contributed by atoms with van der Waals surface area (Å²) in [6.45, 7) is 5.45. The molecular weight excluding hydrogens is 530 g/mol. The van der Waals surface area contributed by atoms with E-state index in [1.165, 1.54) is 12.0 Å². The second-order valence-corrected chi connectivity index (χ2v) is 8.84. The monoisotopic (exact) mass is 560 g/mol. The zero-order valence-corrected chi connectivity index (χ0v) is 20.3. The molecule has 15 heteroatoms. The van der Waals surface area contributed by atoms with Crippen molar-refractivity contribution in [1.29, 1.82) is 0 Å². The summed E-state index contributed by atoms with van der Waals surface area (Å²) < 4.78 is 81.3. The van der Waals surface area contributed by atoms with Crippen molar-refractivity contribution in [3.05, 3.63) is 30.1 Å². The van der Waals surface area contributed by atoms with Crippen LogP contribution in [0.15, 0.2) is 24.5 Å². The number of hydrogen-bond acceptors (Lipinski definition) is 7. The maximum Gasteiger partial charge on any atom is 0.490 e. The number of halogens is 6. The van der Waals surface area contributed by atoms with Gasteiger partial charge in [-0.05, 0) is 49.3 Å².